The quantitative estimate of drug-likeness (QED) is 0.479. The van der Waals surface area contributed by atoms with Crippen LogP contribution in [0, 0.1) is 0 Å². The van der Waals surface area contributed by atoms with Gasteiger partial charge in [-0.15, -0.1) is 0 Å². The van der Waals surface area contributed by atoms with Crippen molar-refractivity contribution in [2.75, 3.05) is 0 Å². The van der Waals surface area contributed by atoms with Crippen molar-refractivity contribution in [3.8, 4) is 0 Å². The fourth-order valence-corrected chi connectivity index (χ4v) is 13.7. The predicted molar refractivity (Wildman–Crippen MR) is 116 cm³/mol. The van der Waals surface area contributed by atoms with Gasteiger partial charge in [0.25, 0.3) is 0 Å². The van der Waals surface area contributed by atoms with Gasteiger partial charge in [0, 0.05) is 0 Å². The molecule has 3 aromatic carbocycles. The molecular weight excluding hydrogens is 387 g/mol. The molecule has 0 saturated heterocycles. The van der Waals surface area contributed by atoms with Crippen LogP contribution in [0.1, 0.15) is 25.7 Å². The molecule has 1 aliphatic carbocycles. The van der Waals surface area contributed by atoms with Gasteiger partial charge < -0.3 is 0 Å². The molecule has 25 heavy (non-hydrogen) atoms. The molecule has 1 fully saturated rings. The molecule has 0 amide bonds. The van der Waals surface area contributed by atoms with Gasteiger partial charge in [-0.25, -0.2) is 0 Å². The summed E-state index contributed by atoms with van der Waals surface area (Å²) in [5.41, 5.74) is 0.651. The number of benzene rings is 3. The summed E-state index contributed by atoms with van der Waals surface area (Å²) in [6, 6.07) is 33.6. The van der Waals surface area contributed by atoms with Crippen molar-refractivity contribution in [3.05, 3.63) is 91.0 Å². The Labute approximate surface area is 159 Å². The molecule has 1 aliphatic rings. The van der Waals surface area contributed by atoms with Crippen LogP contribution in [0.5, 0.6) is 0 Å². The minimum atomic E-state index is -2.69. The molecule has 2 heteroatoms. The van der Waals surface area contributed by atoms with Gasteiger partial charge in [0.1, 0.15) is 0 Å². The Kier molecular flexibility index (Phi) is 4.56. The molecule has 0 spiro atoms. The van der Waals surface area contributed by atoms with E-state index < -0.39 is 5.31 Å². The van der Waals surface area contributed by atoms with E-state index in [0.717, 1.165) is 0 Å². The zero-order chi connectivity index (χ0) is 17.2. The normalized spacial score (nSPS) is 17.1. The van der Waals surface area contributed by atoms with Crippen LogP contribution in [-0.2, 0) is 0 Å². The van der Waals surface area contributed by atoms with E-state index in [2.05, 4.69) is 106 Å². The Morgan fingerprint density at radius 2 is 0.880 bits per heavy atom. The van der Waals surface area contributed by atoms with Gasteiger partial charge >= 0.3 is 159 Å². The van der Waals surface area contributed by atoms with Crippen molar-refractivity contribution in [1.29, 1.82) is 0 Å². The molecule has 0 N–H and O–H groups in total. The van der Waals surface area contributed by atoms with Crippen LogP contribution in [-0.4, -0.2) is 5.66 Å². The monoisotopic (exact) mass is 410 g/mol. The fraction of sp³-hybridized carbons (Fsp3) is 0.217. The van der Waals surface area contributed by atoms with Crippen molar-refractivity contribution in [2.45, 2.75) is 31.3 Å². The van der Waals surface area contributed by atoms with Crippen LogP contribution in [0.3, 0.4) is 0 Å². The number of hydrogen-bond donors (Lipinski definition) is 0. The number of hydrogen-bond acceptors (Lipinski definition) is 0. The van der Waals surface area contributed by atoms with E-state index in [-0.39, 0.29) is 0 Å². The molecule has 0 unspecified atom stereocenters. The third kappa shape index (κ3) is 2.52. The van der Waals surface area contributed by atoms with Crippen LogP contribution < -0.4 is 15.9 Å². The van der Waals surface area contributed by atoms with E-state index >= 15 is 0 Å². The Balaban J connectivity index is 2.12. The van der Waals surface area contributed by atoms with Crippen LogP contribution in [0.2, 0.25) is 0 Å². The van der Waals surface area contributed by atoms with Crippen molar-refractivity contribution in [2.24, 2.45) is 0 Å². The third-order valence-corrected chi connectivity index (χ3v) is 17.0. The molecule has 0 atom stereocenters. The summed E-state index contributed by atoms with van der Waals surface area (Å²) in [7, 11) is 0. The summed E-state index contributed by atoms with van der Waals surface area (Å²) in [6.07, 6.45) is 5.25. The maximum atomic E-state index is 4.57. The minimum absolute atomic E-state index is 0.651. The first kappa shape index (κ1) is 17.0. The van der Waals surface area contributed by atoms with Crippen LogP contribution in [0.4, 0.5) is 0 Å². The standard InChI is InChI=1S/C23H24BrP/c24-25(23-18-10-11-19-23,20-12-4-1-5-13-20,21-14-6-2-7-15-21)22-16-8-3-9-17-22/h1-9,12-17,23H,10-11,18-19H2. The first-order valence-electron chi connectivity index (χ1n) is 9.15. The molecule has 0 aromatic heterocycles. The zero-order valence-corrected chi connectivity index (χ0v) is 16.9. The van der Waals surface area contributed by atoms with Gasteiger partial charge in [0.15, 0.2) is 0 Å². The van der Waals surface area contributed by atoms with Crippen molar-refractivity contribution in [3.63, 3.8) is 0 Å². The molecule has 0 heterocycles. The average Bonchev–Trinajstić information content (AvgIpc) is 3.25. The SMILES string of the molecule is BrP(c1ccccc1)(c1ccccc1)(c1ccccc1)C1CCCC1. The first-order valence-corrected chi connectivity index (χ1v) is 13.5. The predicted octanol–water partition coefficient (Wildman–Crippen LogP) is 5.77. The Hall–Kier alpha value is -1.43. The zero-order valence-electron chi connectivity index (χ0n) is 14.4. The second kappa shape index (κ2) is 6.71. The Morgan fingerprint density at radius 1 is 0.560 bits per heavy atom. The molecule has 1 saturated carbocycles. The molecule has 128 valence electrons. The van der Waals surface area contributed by atoms with Gasteiger partial charge in [-0.1, -0.05) is 0 Å². The van der Waals surface area contributed by atoms with Gasteiger partial charge in [0.05, 0.1) is 0 Å². The molecule has 4 rings (SSSR count). The molecule has 0 aliphatic heterocycles. The Morgan fingerprint density at radius 3 is 1.20 bits per heavy atom. The maximum absolute atomic E-state index is 4.57. The summed E-state index contributed by atoms with van der Waals surface area (Å²) >= 11 is 4.57. The van der Waals surface area contributed by atoms with Crippen molar-refractivity contribution in [1.82, 2.24) is 0 Å². The topological polar surface area (TPSA) is 0 Å². The summed E-state index contributed by atoms with van der Waals surface area (Å²) < 4.78 is 0. The van der Waals surface area contributed by atoms with E-state index in [1.54, 1.807) is 0 Å². The molecular formula is C23H24BrP. The van der Waals surface area contributed by atoms with Gasteiger partial charge in [-0.3, -0.25) is 0 Å². The molecule has 0 radical (unpaired) electrons. The molecule has 0 nitrogen and oxygen atoms in total. The van der Waals surface area contributed by atoms with Crippen LogP contribution in [0.25, 0.3) is 0 Å². The van der Waals surface area contributed by atoms with E-state index in [0.29, 0.717) is 5.66 Å². The van der Waals surface area contributed by atoms with Gasteiger partial charge in [-0.05, 0) is 0 Å². The third-order valence-electron chi connectivity index (χ3n) is 5.79. The molecule has 3 aromatic rings. The number of halogens is 1. The van der Waals surface area contributed by atoms with E-state index in [1.165, 1.54) is 41.6 Å². The summed E-state index contributed by atoms with van der Waals surface area (Å²) in [4.78, 5) is 0. The van der Waals surface area contributed by atoms with E-state index in [1.807, 2.05) is 0 Å². The Bertz CT molecular complexity index is 724. The van der Waals surface area contributed by atoms with Gasteiger partial charge in [0.2, 0.25) is 0 Å². The second-order valence-electron chi connectivity index (χ2n) is 7.02. The summed E-state index contributed by atoms with van der Waals surface area (Å²) in [5.74, 6) is 0. The first-order chi connectivity index (χ1) is 12.2. The average molecular weight is 411 g/mol. The fourth-order valence-electron chi connectivity index (χ4n) is 4.63. The second-order valence-corrected chi connectivity index (χ2v) is 15.9. The number of rotatable bonds is 4. The van der Waals surface area contributed by atoms with E-state index in [4.69, 9.17) is 0 Å². The van der Waals surface area contributed by atoms with E-state index in [9.17, 15) is 0 Å². The van der Waals surface area contributed by atoms with Crippen LogP contribution in [0.15, 0.2) is 91.0 Å². The van der Waals surface area contributed by atoms with Crippen molar-refractivity contribution < 1.29 is 0 Å². The summed E-state index contributed by atoms with van der Waals surface area (Å²) in [6.45, 7) is 0. The van der Waals surface area contributed by atoms with Crippen molar-refractivity contribution >= 4 is 36.7 Å². The summed E-state index contributed by atoms with van der Waals surface area (Å²) in [5, 5.41) is 1.68. The van der Waals surface area contributed by atoms with Crippen LogP contribution >= 0.6 is 20.8 Å². The molecule has 0 bridgehead atoms. The van der Waals surface area contributed by atoms with Gasteiger partial charge in [-0.2, -0.15) is 0 Å².